The van der Waals surface area contributed by atoms with Crippen molar-refractivity contribution < 1.29 is 20.1 Å². The van der Waals surface area contributed by atoms with E-state index in [1.54, 1.807) is 0 Å². The number of aromatic nitrogens is 4. The van der Waals surface area contributed by atoms with Crippen molar-refractivity contribution in [1.82, 2.24) is 19.9 Å². The molecule has 108 valence electrons. The first-order valence-corrected chi connectivity index (χ1v) is 5.92. The summed E-state index contributed by atoms with van der Waals surface area (Å²) in [7, 11) is 0. The van der Waals surface area contributed by atoms with Gasteiger partial charge >= 0.3 is 0 Å². The van der Waals surface area contributed by atoms with Gasteiger partial charge in [-0.15, -0.1) is 0 Å². The molecule has 3 rings (SSSR count). The van der Waals surface area contributed by atoms with Gasteiger partial charge in [-0.05, 0) is 0 Å². The number of aromatic amines is 2. The number of rotatable bonds is 3. The lowest BCUT2D eigenvalue weighted by molar-refractivity contribution is -0.0154. The second-order valence-electron chi connectivity index (χ2n) is 4.42. The van der Waals surface area contributed by atoms with Gasteiger partial charge in [-0.3, -0.25) is 9.78 Å². The van der Waals surface area contributed by atoms with Crippen molar-refractivity contribution in [2.75, 3.05) is 11.9 Å². The van der Waals surface area contributed by atoms with Crippen molar-refractivity contribution in [1.29, 1.82) is 0 Å². The van der Waals surface area contributed by atoms with Gasteiger partial charge in [0, 0.05) is 0 Å². The Labute approximate surface area is 111 Å². The van der Waals surface area contributed by atoms with Crippen LogP contribution in [0.15, 0.2) is 11.1 Å². The molecule has 4 atom stereocenters. The molecule has 1 saturated heterocycles. The van der Waals surface area contributed by atoms with E-state index in [-0.39, 0.29) is 17.1 Å². The Morgan fingerprint density at radius 3 is 2.90 bits per heavy atom. The fraction of sp³-hybridized carbons (Fsp3) is 0.500. The molecular weight excluding hydrogens is 270 g/mol. The highest BCUT2D eigenvalue weighted by molar-refractivity contribution is 5.69. The molecular formula is C10H13N5O5. The Balaban J connectivity index is 1.84. The number of hydrogen-bond donors (Lipinski definition) is 6. The lowest BCUT2D eigenvalue weighted by Crippen LogP contribution is -2.37. The van der Waals surface area contributed by atoms with Crippen LogP contribution in [0.25, 0.3) is 11.2 Å². The molecule has 2 aromatic heterocycles. The summed E-state index contributed by atoms with van der Waals surface area (Å²) >= 11 is 0. The SMILES string of the molecule is O=c1[nH]c(N[C@@H]2O[C@H](CO)[C@@H](O)[C@@H]2O)nc2nc[nH]c12. The lowest BCUT2D eigenvalue weighted by atomic mass is 10.1. The summed E-state index contributed by atoms with van der Waals surface area (Å²) in [5.74, 6) is 0.0458. The van der Waals surface area contributed by atoms with E-state index in [1.165, 1.54) is 6.33 Å². The number of ether oxygens (including phenoxy) is 1. The molecule has 1 aliphatic heterocycles. The van der Waals surface area contributed by atoms with E-state index in [9.17, 15) is 15.0 Å². The fourth-order valence-electron chi connectivity index (χ4n) is 2.06. The molecule has 1 aliphatic rings. The molecule has 0 saturated carbocycles. The van der Waals surface area contributed by atoms with Crippen LogP contribution in [0.4, 0.5) is 5.95 Å². The highest BCUT2D eigenvalue weighted by Crippen LogP contribution is 2.21. The minimum Gasteiger partial charge on any atom is -0.394 e. The minimum absolute atomic E-state index is 0.0458. The van der Waals surface area contributed by atoms with E-state index < -0.39 is 36.7 Å². The van der Waals surface area contributed by atoms with Crippen molar-refractivity contribution in [2.24, 2.45) is 0 Å². The maximum absolute atomic E-state index is 11.7. The van der Waals surface area contributed by atoms with Gasteiger partial charge in [0.2, 0.25) is 5.95 Å². The second-order valence-corrected chi connectivity index (χ2v) is 4.42. The van der Waals surface area contributed by atoms with Gasteiger partial charge in [-0.25, -0.2) is 4.98 Å². The number of imidazole rings is 1. The number of aliphatic hydroxyl groups is 3. The predicted molar refractivity (Wildman–Crippen MR) is 65.9 cm³/mol. The van der Waals surface area contributed by atoms with Gasteiger partial charge < -0.3 is 30.4 Å². The van der Waals surface area contributed by atoms with Crippen molar-refractivity contribution in [3.8, 4) is 0 Å². The molecule has 0 spiro atoms. The van der Waals surface area contributed by atoms with Crippen LogP contribution < -0.4 is 10.9 Å². The number of aliphatic hydroxyl groups excluding tert-OH is 3. The topological polar surface area (TPSA) is 156 Å². The largest absolute Gasteiger partial charge is 0.394 e. The van der Waals surface area contributed by atoms with E-state index in [2.05, 4.69) is 25.3 Å². The number of hydrogen-bond acceptors (Lipinski definition) is 8. The molecule has 0 aromatic carbocycles. The lowest BCUT2D eigenvalue weighted by Gasteiger charge is -2.16. The first-order valence-electron chi connectivity index (χ1n) is 5.92. The van der Waals surface area contributed by atoms with Crippen LogP contribution in [0.2, 0.25) is 0 Å². The molecule has 2 aromatic rings. The Morgan fingerprint density at radius 2 is 2.20 bits per heavy atom. The number of anilines is 1. The fourth-order valence-corrected chi connectivity index (χ4v) is 2.06. The van der Waals surface area contributed by atoms with Gasteiger partial charge in [0.15, 0.2) is 17.4 Å². The Kier molecular flexibility index (Phi) is 3.14. The van der Waals surface area contributed by atoms with Crippen LogP contribution in [0.1, 0.15) is 0 Å². The zero-order valence-corrected chi connectivity index (χ0v) is 10.1. The Morgan fingerprint density at radius 1 is 1.40 bits per heavy atom. The monoisotopic (exact) mass is 283 g/mol. The van der Waals surface area contributed by atoms with Crippen molar-refractivity contribution >= 4 is 17.1 Å². The minimum atomic E-state index is -1.26. The molecule has 10 nitrogen and oxygen atoms in total. The third kappa shape index (κ3) is 2.04. The summed E-state index contributed by atoms with van der Waals surface area (Å²) in [5, 5.41) is 31.0. The van der Waals surface area contributed by atoms with Gasteiger partial charge in [-0.1, -0.05) is 0 Å². The number of nitrogens with zero attached hydrogens (tertiary/aromatic N) is 2. The highest BCUT2D eigenvalue weighted by Gasteiger charge is 2.42. The normalized spacial score (nSPS) is 29.9. The molecule has 20 heavy (non-hydrogen) atoms. The van der Waals surface area contributed by atoms with Crippen LogP contribution >= 0.6 is 0 Å². The zero-order chi connectivity index (χ0) is 14.3. The Hall–Kier alpha value is -2.01. The van der Waals surface area contributed by atoms with Crippen LogP contribution in [0.5, 0.6) is 0 Å². The summed E-state index contributed by atoms with van der Waals surface area (Å²) in [6.07, 6.45) is -3.04. The van der Waals surface area contributed by atoms with Crippen molar-refractivity contribution in [3.05, 3.63) is 16.7 Å². The van der Waals surface area contributed by atoms with E-state index in [0.717, 1.165) is 0 Å². The van der Waals surface area contributed by atoms with E-state index in [0.29, 0.717) is 0 Å². The molecule has 0 bridgehead atoms. The second kappa shape index (κ2) is 4.83. The quantitative estimate of drug-likeness (QED) is 0.361. The highest BCUT2D eigenvalue weighted by atomic mass is 16.6. The van der Waals surface area contributed by atoms with E-state index in [4.69, 9.17) is 9.84 Å². The van der Waals surface area contributed by atoms with E-state index in [1.807, 2.05) is 0 Å². The summed E-state index contributed by atoms with van der Waals surface area (Å²) in [6.45, 7) is -0.432. The first kappa shape index (κ1) is 13.0. The molecule has 0 aliphatic carbocycles. The third-order valence-corrected chi connectivity index (χ3v) is 3.12. The van der Waals surface area contributed by atoms with Crippen LogP contribution in [0.3, 0.4) is 0 Å². The smallest absolute Gasteiger partial charge is 0.278 e. The average Bonchev–Trinajstić information content (AvgIpc) is 2.99. The molecule has 0 radical (unpaired) electrons. The molecule has 0 unspecified atom stereocenters. The molecule has 6 N–H and O–H groups in total. The summed E-state index contributed by atoms with van der Waals surface area (Å²) in [4.78, 5) is 24.7. The van der Waals surface area contributed by atoms with Gasteiger partial charge in [0.1, 0.15) is 18.3 Å². The molecule has 10 heteroatoms. The standard InChI is InChI=1S/C10H13N5O5/c16-1-3-5(17)6(18)9(20-3)15-10-13-7-4(8(19)14-10)11-2-12-7/h2-3,5-6,9,16-18H,1H2,(H3,11,12,13,14,15,19)/t3-,5-,6+,9-/m1/s1. The third-order valence-electron chi connectivity index (χ3n) is 3.12. The van der Waals surface area contributed by atoms with Gasteiger partial charge in [0.05, 0.1) is 12.9 Å². The maximum Gasteiger partial charge on any atom is 0.278 e. The van der Waals surface area contributed by atoms with Crippen molar-refractivity contribution in [2.45, 2.75) is 24.5 Å². The van der Waals surface area contributed by atoms with Crippen LogP contribution in [-0.2, 0) is 4.74 Å². The Bertz CT molecular complexity index is 669. The first-order chi connectivity index (χ1) is 9.60. The van der Waals surface area contributed by atoms with Crippen molar-refractivity contribution in [3.63, 3.8) is 0 Å². The summed E-state index contributed by atoms with van der Waals surface area (Å²) in [6, 6.07) is 0. The summed E-state index contributed by atoms with van der Waals surface area (Å²) < 4.78 is 5.22. The molecule has 1 fully saturated rings. The molecule has 3 heterocycles. The number of H-pyrrole nitrogens is 2. The van der Waals surface area contributed by atoms with Gasteiger partial charge in [0.25, 0.3) is 5.56 Å². The molecule has 0 amide bonds. The zero-order valence-electron chi connectivity index (χ0n) is 10.1. The maximum atomic E-state index is 11.7. The number of fused-ring (bicyclic) bond motifs is 1. The van der Waals surface area contributed by atoms with Gasteiger partial charge in [-0.2, -0.15) is 4.98 Å². The van der Waals surface area contributed by atoms with E-state index >= 15 is 0 Å². The van der Waals surface area contributed by atoms with Crippen LogP contribution in [0, 0.1) is 0 Å². The summed E-state index contributed by atoms with van der Waals surface area (Å²) in [5.41, 5.74) is 0.0152. The predicted octanol–water partition coefficient (Wildman–Crippen LogP) is -2.50. The van der Waals surface area contributed by atoms with Crippen LogP contribution in [-0.4, -0.2) is 66.4 Å². The number of nitrogens with one attached hydrogen (secondary N) is 3. The average molecular weight is 283 g/mol.